The predicted molar refractivity (Wildman–Crippen MR) is 89.3 cm³/mol. The number of urea groups is 1. The fourth-order valence-electron chi connectivity index (χ4n) is 3.23. The monoisotopic (exact) mass is 334 g/mol. The first kappa shape index (κ1) is 16.7. The predicted octanol–water partition coefficient (Wildman–Crippen LogP) is 1.56. The van der Waals surface area contributed by atoms with Crippen LogP contribution in [0.3, 0.4) is 0 Å². The second-order valence-corrected chi connectivity index (χ2v) is 6.52. The second-order valence-electron chi connectivity index (χ2n) is 6.52. The van der Waals surface area contributed by atoms with Crippen molar-refractivity contribution in [1.29, 1.82) is 0 Å². The van der Waals surface area contributed by atoms with E-state index in [4.69, 9.17) is 0 Å². The minimum atomic E-state index is -0.431. The molecule has 2 aliphatic rings. The smallest absolute Gasteiger partial charge is 0.322 e. The van der Waals surface area contributed by atoms with Gasteiger partial charge in [-0.3, -0.25) is 4.79 Å². The molecule has 7 heteroatoms. The van der Waals surface area contributed by atoms with Gasteiger partial charge in [0.05, 0.1) is 5.69 Å². The quantitative estimate of drug-likeness (QED) is 0.863. The van der Waals surface area contributed by atoms with Crippen molar-refractivity contribution in [3.05, 3.63) is 29.1 Å². The topological polar surface area (TPSA) is 64.7 Å². The molecule has 130 valence electrons. The fourth-order valence-corrected chi connectivity index (χ4v) is 3.23. The number of hydrogen-bond donors (Lipinski definition) is 2. The number of anilines is 1. The lowest BCUT2D eigenvalue weighted by Gasteiger charge is -2.36. The third-order valence-corrected chi connectivity index (χ3v) is 4.62. The molecule has 3 amide bonds. The number of fused-ring (bicyclic) bond motifs is 1. The molecule has 6 nitrogen and oxygen atoms in total. The average molecular weight is 334 g/mol. The first-order valence-corrected chi connectivity index (χ1v) is 8.33. The summed E-state index contributed by atoms with van der Waals surface area (Å²) in [5.41, 5.74) is 1.77. The van der Waals surface area contributed by atoms with Crippen LogP contribution in [0.2, 0.25) is 0 Å². The Kier molecular flexibility index (Phi) is 4.71. The molecule has 1 saturated heterocycles. The van der Waals surface area contributed by atoms with Crippen LogP contribution in [0.15, 0.2) is 12.1 Å². The van der Waals surface area contributed by atoms with Crippen molar-refractivity contribution < 1.29 is 14.0 Å². The molecule has 0 radical (unpaired) electrons. The van der Waals surface area contributed by atoms with Gasteiger partial charge in [-0.25, -0.2) is 9.18 Å². The standard InChI is InChI=1S/C17H23FN4O2/c1-11(2)22-8-7-21(10-15(22)23)17(24)20-14-4-3-12-9-19-6-5-13(12)16(14)18/h3-4,11,19H,5-10H2,1-2H3,(H,20,24). The highest BCUT2D eigenvalue weighted by Crippen LogP contribution is 2.25. The molecule has 0 saturated carbocycles. The Labute approximate surface area is 141 Å². The van der Waals surface area contributed by atoms with Gasteiger partial charge in [0.2, 0.25) is 5.91 Å². The molecule has 2 aliphatic heterocycles. The van der Waals surface area contributed by atoms with E-state index in [9.17, 15) is 14.0 Å². The van der Waals surface area contributed by atoms with E-state index in [1.54, 1.807) is 11.0 Å². The number of carbonyl (C=O) groups is 2. The van der Waals surface area contributed by atoms with Gasteiger partial charge in [-0.1, -0.05) is 6.07 Å². The number of nitrogens with one attached hydrogen (secondary N) is 2. The van der Waals surface area contributed by atoms with E-state index in [2.05, 4.69) is 10.6 Å². The Morgan fingerprint density at radius 2 is 2.12 bits per heavy atom. The highest BCUT2D eigenvalue weighted by molar-refractivity contribution is 5.93. The molecule has 0 bridgehead atoms. The van der Waals surface area contributed by atoms with Crippen LogP contribution in [0.25, 0.3) is 0 Å². The van der Waals surface area contributed by atoms with Gasteiger partial charge in [0.1, 0.15) is 12.4 Å². The van der Waals surface area contributed by atoms with Crippen LogP contribution in [-0.4, -0.2) is 54.0 Å². The third-order valence-electron chi connectivity index (χ3n) is 4.62. The average Bonchev–Trinajstić information content (AvgIpc) is 2.57. The van der Waals surface area contributed by atoms with Crippen LogP contribution in [0, 0.1) is 5.82 Å². The second kappa shape index (κ2) is 6.76. The summed E-state index contributed by atoms with van der Waals surface area (Å²) in [6.07, 6.45) is 0.608. The normalized spacial score (nSPS) is 17.9. The van der Waals surface area contributed by atoms with Gasteiger partial charge >= 0.3 is 6.03 Å². The molecule has 0 aromatic heterocycles. The minimum Gasteiger partial charge on any atom is -0.337 e. The summed E-state index contributed by atoms with van der Waals surface area (Å²) in [5, 5.41) is 5.81. The lowest BCUT2D eigenvalue weighted by Crippen LogP contribution is -2.55. The highest BCUT2D eigenvalue weighted by Gasteiger charge is 2.29. The van der Waals surface area contributed by atoms with E-state index in [1.807, 2.05) is 19.9 Å². The number of hydrogen-bond acceptors (Lipinski definition) is 3. The maximum absolute atomic E-state index is 14.6. The summed E-state index contributed by atoms with van der Waals surface area (Å²) >= 11 is 0. The molecule has 1 aromatic carbocycles. The number of halogens is 1. The van der Waals surface area contributed by atoms with Crippen molar-refractivity contribution in [2.45, 2.75) is 32.9 Å². The van der Waals surface area contributed by atoms with Gasteiger partial charge in [-0.15, -0.1) is 0 Å². The molecule has 0 aliphatic carbocycles. The Hall–Kier alpha value is -2.15. The van der Waals surface area contributed by atoms with Crippen molar-refractivity contribution in [2.75, 3.05) is 31.5 Å². The number of nitrogens with zero attached hydrogens (tertiary/aromatic N) is 2. The lowest BCUT2D eigenvalue weighted by molar-refractivity contribution is -0.136. The highest BCUT2D eigenvalue weighted by atomic mass is 19.1. The molecule has 1 aromatic rings. The summed E-state index contributed by atoms with van der Waals surface area (Å²) in [5.74, 6) is -0.446. The van der Waals surface area contributed by atoms with Crippen molar-refractivity contribution in [3.63, 3.8) is 0 Å². The van der Waals surface area contributed by atoms with Crippen LogP contribution < -0.4 is 10.6 Å². The summed E-state index contributed by atoms with van der Waals surface area (Å²) in [4.78, 5) is 27.6. The van der Waals surface area contributed by atoms with Crippen molar-refractivity contribution in [1.82, 2.24) is 15.1 Å². The summed E-state index contributed by atoms with van der Waals surface area (Å²) in [6, 6.07) is 3.11. The number of piperazine rings is 1. The molecule has 0 atom stereocenters. The van der Waals surface area contributed by atoms with E-state index in [1.165, 1.54) is 4.90 Å². The Morgan fingerprint density at radius 3 is 2.83 bits per heavy atom. The van der Waals surface area contributed by atoms with Gasteiger partial charge in [0, 0.05) is 25.7 Å². The summed E-state index contributed by atoms with van der Waals surface area (Å²) < 4.78 is 14.6. The van der Waals surface area contributed by atoms with Gasteiger partial charge in [-0.05, 0) is 44.0 Å². The maximum atomic E-state index is 14.6. The Bertz CT molecular complexity index is 662. The lowest BCUT2D eigenvalue weighted by atomic mass is 9.99. The van der Waals surface area contributed by atoms with Crippen LogP contribution in [0.4, 0.5) is 14.9 Å². The largest absolute Gasteiger partial charge is 0.337 e. The van der Waals surface area contributed by atoms with Crippen LogP contribution in [-0.2, 0) is 17.8 Å². The van der Waals surface area contributed by atoms with Gasteiger partial charge in [0.15, 0.2) is 0 Å². The summed E-state index contributed by atoms with van der Waals surface area (Å²) in [6.45, 7) is 6.25. The fraction of sp³-hybridized carbons (Fsp3) is 0.529. The molecule has 24 heavy (non-hydrogen) atoms. The Balaban J connectivity index is 1.69. The Morgan fingerprint density at radius 1 is 1.33 bits per heavy atom. The van der Waals surface area contributed by atoms with Gasteiger partial charge in [0.25, 0.3) is 0 Å². The molecule has 3 rings (SSSR count). The first-order valence-electron chi connectivity index (χ1n) is 8.33. The van der Waals surface area contributed by atoms with E-state index in [-0.39, 0.29) is 30.0 Å². The van der Waals surface area contributed by atoms with E-state index < -0.39 is 6.03 Å². The molecule has 2 heterocycles. The SMILES string of the molecule is CC(C)N1CCN(C(=O)Nc2ccc3c(c2F)CCNC3)CC1=O. The molecule has 1 fully saturated rings. The molecular formula is C17H23FN4O2. The van der Waals surface area contributed by atoms with Crippen LogP contribution in [0.5, 0.6) is 0 Å². The minimum absolute atomic E-state index is 0.0283. The van der Waals surface area contributed by atoms with E-state index in [0.717, 1.165) is 12.1 Å². The zero-order valence-electron chi connectivity index (χ0n) is 14.1. The number of amides is 3. The number of carbonyl (C=O) groups excluding carboxylic acids is 2. The maximum Gasteiger partial charge on any atom is 0.322 e. The van der Waals surface area contributed by atoms with Crippen molar-refractivity contribution >= 4 is 17.6 Å². The van der Waals surface area contributed by atoms with Gasteiger partial charge in [-0.2, -0.15) is 0 Å². The molecule has 0 spiro atoms. The number of rotatable bonds is 2. The molecular weight excluding hydrogens is 311 g/mol. The molecule has 2 N–H and O–H groups in total. The molecule has 0 unspecified atom stereocenters. The third kappa shape index (κ3) is 3.21. The van der Waals surface area contributed by atoms with Crippen molar-refractivity contribution in [2.24, 2.45) is 0 Å². The summed E-state index contributed by atoms with van der Waals surface area (Å²) in [7, 11) is 0. The van der Waals surface area contributed by atoms with E-state index in [0.29, 0.717) is 31.6 Å². The first-order chi connectivity index (χ1) is 11.5. The van der Waals surface area contributed by atoms with Crippen LogP contribution >= 0.6 is 0 Å². The number of benzene rings is 1. The van der Waals surface area contributed by atoms with Gasteiger partial charge < -0.3 is 20.4 Å². The zero-order valence-corrected chi connectivity index (χ0v) is 14.1. The van der Waals surface area contributed by atoms with Crippen LogP contribution in [0.1, 0.15) is 25.0 Å². The zero-order chi connectivity index (χ0) is 17.3. The van der Waals surface area contributed by atoms with Crippen molar-refractivity contribution in [3.8, 4) is 0 Å². The van der Waals surface area contributed by atoms with E-state index >= 15 is 0 Å².